The van der Waals surface area contributed by atoms with E-state index < -0.39 is 10.0 Å². The van der Waals surface area contributed by atoms with Crippen molar-refractivity contribution in [1.29, 1.82) is 0 Å². The Labute approximate surface area is 124 Å². The molecule has 19 heavy (non-hydrogen) atoms. The minimum absolute atomic E-state index is 0.0636. The van der Waals surface area contributed by atoms with Crippen LogP contribution in [0.2, 0.25) is 5.15 Å². The second-order valence-electron chi connectivity index (χ2n) is 4.10. The molecule has 0 aliphatic carbocycles. The minimum atomic E-state index is -3.74. The van der Waals surface area contributed by atoms with Crippen molar-refractivity contribution in [2.75, 3.05) is 6.54 Å². The first-order chi connectivity index (χ1) is 8.88. The molecule has 2 rings (SSSR count). The monoisotopic (exact) mass is 367 g/mol. The van der Waals surface area contributed by atoms with Gasteiger partial charge in [0.25, 0.3) is 0 Å². The van der Waals surface area contributed by atoms with Crippen molar-refractivity contribution in [2.24, 2.45) is 0 Å². The van der Waals surface area contributed by atoms with Crippen LogP contribution in [0.5, 0.6) is 0 Å². The summed E-state index contributed by atoms with van der Waals surface area (Å²) in [7, 11) is -3.74. The van der Waals surface area contributed by atoms with Crippen LogP contribution in [0.1, 0.15) is 12.8 Å². The van der Waals surface area contributed by atoms with Crippen LogP contribution in [0, 0.1) is 0 Å². The Balaban J connectivity index is 2.10. The average Bonchev–Trinajstić information content (AvgIpc) is 2.76. The zero-order valence-corrected chi connectivity index (χ0v) is 12.8. The first-order valence-corrected chi connectivity index (χ1v) is 8.14. The lowest BCUT2D eigenvalue weighted by Gasteiger charge is -2.12. The summed E-state index contributed by atoms with van der Waals surface area (Å²) in [6.45, 7) is 0.136. The Hall–Kier alpha value is -0.700. The van der Waals surface area contributed by atoms with E-state index >= 15 is 0 Å². The molecular formula is C10H11BrClN3O3S. The van der Waals surface area contributed by atoms with Gasteiger partial charge in [-0.2, -0.15) is 0 Å². The van der Waals surface area contributed by atoms with Gasteiger partial charge in [-0.05, 0) is 28.4 Å². The van der Waals surface area contributed by atoms with Crippen LogP contribution in [0.25, 0.3) is 0 Å². The molecule has 1 aliphatic rings. The van der Waals surface area contributed by atoms with Crippen molar-refractivity contribution in [2.45, 2.75) is 23.8 Å². The smallest absolute Gasteiger partial charge is 0.243 e. The molecule has 1 unspecified atom stereocenters. The molecule has 1 aromatic rings. The number of rotatable bonds is 4. The van der Waals surface area contributed by atoms with Gasteiger partial charge in [-0.25, -0.2) is 18.1 Å². The Morgan fingerprint density at radius 2 is 2.32 bits per heavy atom. The molecule has 2 heterocycles. The Morgan fingerprint density at radius 1 is 1.58 bits per heavy atom. The van der Waals surface area contributed by atoms with Crippen LogP contribution in [0.3, 0.4) is 0 Å². The fourth-order valence-corrected chi connectivity index (χ4v) is 3.73. The van der Waals surface area contributed by atoms with Gasteiger partial charge in [0.15, 0.2) is 0 Å². The summed E-state index contributed by atoms with van der Waals surface area (Å²) in [5.41, 5.74) is 0. The lowest BCUT2D eigenvalue weighted by molar-refractivity contribution is -0.119. The second kappa shape index (κ2) is 5.74. The van der Waals surface area contributed by atoms with Gasteiger partial charge >= 0.3 is 0 Å². The van der Waals surface area contributed by atoms with Gasteiger partial charge in [-0.3, -0.25) is 4.79 Å². The van der Waals surface area contributed by atoms with Crippen molar-refractivity contribution in [3.63, 3.8) is 0 Å². The minimum Gasteiger partial charge on any atom is -0.352 e. The van der Waals surface area contributed by atoms with Crippen LogP contribution in [-0.2, 0) is 14.8 Å². The topological polar surface area (TPSA) is 88.2 Å². The first-order valence-electron chi connectivity index (χ1n) is 5.48. The molecule has 6 nitrogen and oxygen atoms in total. The Morgan fingerprint density at radius 3 is 2.95 bits per heavy atom. The van der Waals surface area contributed by atoms with Crippen LogP contribution < -0.4 is 10.0 Å². The second-order valence-corrected chi connectivity index (χ2v) is 7.11. The summed E-state index contributed by atoms with van der Waals surface area (Å²) in [5.74, 6) is -0.0636. The number of amides is 1. The maximum Gasteiger partial charge on any atom is 0.243 e. The molecule has 1 atom stereocenters. The van der Waals surface area contributed by atoms with Gasteiger partial charge in [0.05, 0.1) is 0 Å². The lowest BCUT2D eigenvalue weighted by Crippen LogP contribution is -2.38. The van der Waals surface area contributed by atoms with Crippen LogP contribution in [-0.4, -0.2) is 31.9 Å². The molecule has 1 aromatic heterocycles. The van der Waals surface area contributed by atoms with Gasteiger partial charge < -0.3 is 5.32 Å². The molecule has 0 saturated carbocycles. The Bertz CT molecular complexity index is 608. The largest absolute Gasteiger partial charge is 0.352 e. The number of carbonyl (C=O) groups is 1. The van der Waals surface area contributed by atoms with Crippen molar-refractivity contribution in [1.82, 2.24) is 15.0 Å². The molecule has 0 radical (unpaired) electrons. The summed E-state index contributed by atoms with van der Waals surface area (Å²) in [6.07, 6.45) is 2.45. The molecule has 0 spiro atoms. The van der Waals surface area contributed by atoms with Gasteiger partial charge in [-0.15, -0.1) is 0 Å². The van der Waals surface area contributed by atoms with E-state index in [1.807, 2.05) is 0 Å². The van der Waals surface area contributed by atoms with E-state index in [2.05, 4.69) is 31.0 Å². The predicted octanol–water partition coefficient (Wildman–Crippen LogP) is 1.05. The summed E-state index contributed by atoms with van der Waals surface area (Å²) in [4.78, 5) is 14.7. The number of hydrogen-bond acceptors (Lipinski definition) is 4. The summed E-state index contributed by atoms with van der Waals surface area (Å²) >= 11 is 8.92. The zero-order valence-electron chi connectivity index (χ0n) is 9.69. The highest BCUT2D eigenvalue weighted by Crippen LogP contribution is 2.22. The van der Waals surface area contributed by atoms with Crippen molar-refractivity contribution in [3.05, 3.63) is 21.9 Å². The fraction of sp³-hybridized carbons (Fsp3) is 0.400. The summed E-state index contributed by atoms with van der Waals surface area (Å²) in [5, 5.41) is 2.59. The number of aromatic nitrogens is 1. The van der Waals surface area contributed by atoms with E-state index in [-0.39, 0.29) is 28.5 Å². The van der Waals surface area contributed by atoms with Crippen molar-refractivity contribution < 1.29 is 13.2 Å². The highest BCUT2D eigenvalue weighted by Gasteiger charge is 2.24. The average molecular weight is 369 g/mol. The molecule has 0 bridgehead atoms. The molecule has 1 fully saturated rings. The Kier molecular flexibility index (Phi) is 4.44. The van der Waals surface area contributed by atoms with E-state index in [1.54, 1.807) is 0 Å². The highest BCUT2D eigenvalue weighted by atomic mass is 79.9. The maximum absolute atomic E-state index is 12.1. The molecular weight excluding hydrogens is 358 g/mol. The normalized spacial score (nSPS) is 19.5. The molecule has 1 aliphatic heterocycles. The summed E-state index contributed by atoms with van der Waals surface area (Å²) in [6, 6.07) is 1.20. The van der Waals surface area contributed by atoms with Crippen LogP contribution in [0.4, 0.5) is 0 Å². The van der Waals surface area contributed by atoms with E-state index in [0.29, 0.717) is 17.3 Å². The predicted molar refractivity (Wildman–Crippen MR) is 73.3 cm³/mol. The third-order valence-corrected chi connectivity index (χ3v) is 4.95. The number of pyridine rings is 1. The van der Waals surface area contributed by atoms with Crippen LogP contribution in [0.15, 0.2) is 21.6 Å². The number of hydrogen-bond donors (Lipinski definition) is 2. The highest BCUT2D eigenvalue weighted by molar-refractivity contribution is 9.10. The fourth-order valence-electron chi connectivity index (χ4n) is 1.71. The molecule has 1 amide bonds. The third kappa shape index (κ3) is 3.65. The van der Waals surface area contributed by atoms with E-state index in [1.165, 1.54) is 12.3 Å². The number of sulfonamides is 1. The molecule has 2 N–H and O–H groups in total. The maximum atomic E-state index is 12.1. The van der Waals surface area contributed by atoms with Crippen LogP contribution >= 0.6 is 27.5 Å². The molecule has 1 saturated heterocycles. The van der Waals surface area contributed by atoms with E-state index in [4.69, 9.17) is 11.6 Å². The van der Waals surface area contributed by atoms with E-state index in [0.717, 1.165) is 0 Å². The van der Waals surface area contributed by atoms with Gasteiger partial charge in [-0.1, -0.05) is 11.6 Å². The number of nitrogens with one attached hydrogen (secondary N) is 2. The van der Waals surface area contributed by atoms with Gasteiger partial charge in [0.1, 0.15) is 10.0 Å². The number of nitrogens with zero attached hydrogens (tertiary/aromatic N) is 1. The number of carbonyl (C=O) groups excluding carboxylic acids is 1. The zero-order chi connectivity index (χ0) is 14.0. The lowest BCUT2D eigenvalue weighted by atomic mass is 10.2. The standard InChI is InChI=1S/C10H11BrClN3O3S/c11-6-3-8(10(12)13-4-6)19(17,18)14-5-7-1-2-9(16)15-7/h3-4,7,14H,1-2,5H2,(H,15,16). The van der Waals surface area contributed by atoms with Gasteiger partial charge in [0, 0.05) is 29.7 Å². The first kappa shape index (κ1) is 14.7. The summed E-state index contributed by atoms with van der Waals surface area (Å²) < 4.78 is 27.1. The quantitative estimate of drug-likeness (QED) is 0.778. The number of halogens is 2. The third-order valence-electron chi connectivity index (χ3n) is 2.67. The van der Waals surface area contributed by atoms with Gasteiger partial charge in [0.2, 0.25) is 15.9 Å². The molecule has 9 heteroatoms. The van der Waals surface area contributed by atoms with Crippen molar-refractivity contribution >= 4 is 43.5 Å². The molecule has 0 aromatic carbocycles. The SMILES string of the molecule is O=C1CCC(CNS(=O)(=O)c2cc(Br)cnc2Cl)N1. The van der Waals surface area contributed by atoms with E-state index in [9.17, 15) is 13.2 Å². The van der Waals surface area contributed by atoms with Crippen molar-refractivity contribution in [3.8, 4) is 0 Å². The molecule has 104 valence electrons.